The number of halogens is 2. The summed E-state index contributed by atoms with van der Waals surface area (Å²) in [4.78, 5) is 33.8. The Balaban J connectivity index is 1.93. The lowest BCUT2D eigenvalue weighted by Crippen LogP contribution is -2.20. The Morgan fingerprint density at radius 1 is 1.29 bits per heavy atom. The van der Waals surface area contributed by atoms with Gasteiger partial charge in [-0.2, -0.15) is 0 Å². The smallest absolute Gasteiger partial charge is 0.331 e. The molecular weight excluding hydrogens is 439 g/mol. The Hall–Kier alpha value is -3.27. The Bertz CT molecular complexity index is 948. The molecule has 2 aromatic rings. The van der Waals surface area contributed by atoms with Gasteiger partial charge in [0.1, 0.15) is 11.6 Å². The van der Waals surface area contributed by atoms with Crippen LogP contribution in [0.25, 0.3) is 6.08 Å². The van der Waals surface area contributed by atoms with Crippen LogP contribution in [-0.2, 0) is 14.3 Å². The van der Waals surface area contributed by atoms with Gasteiger partial charge in [-0.3, -0.25) is 14.9 Å². The zero-order chi connectivity index (χ0) is 20.7. The number of nitrogens with zero attached hydrogens (tertiary/aromatic N) is 1. The average Bonchev–Trinajstić information content (AvgIpc) is 2.67. The quantitative estimate of drug-likeness (QED) is 0.297. The number of anilines is 1. The lowest BCUT2D eigenvalue weighted by molar-refractivity contribution is -0.384. The second-order valence-corrected chi connectivity index (χ2v) is 6.21. The third-order valence-corrected chi connectivity index (χ3v) is 3.87. The van der Waals surface area contributed by atoms with Gasteiger partial charge in [-0.15, -0.1) is 0 Å². The molecule has 8 nitrogen and oxygen atoms in total. The minimum Gasteiger partial charge on any atom is -0.494 e. The zero-order valence-electron chi connectivity index (χ0n) is 14.5. The van der Waals surface area contributed by atoms with Crippen LogP contribution in [-0.4, -0.2) is 30.5 Å². The molecule has 0 fully saturated rings. The lowest BCUT2D eigenvalue weighted by Gasteiger charge is -2.09. The molecule has 0 saturated carbocycles. The summed E-state index contributed by atoms with van der Waals surface area (Å²) in [6, 6.07) is 7.87. The number of methoxy groups -OCH3 is 1. The Labute approximate surface area is 167 Å². The van der Waals surface area contributed by atoms with Gasteiger partial charge < -0.3 is 14.8 Å². The first-order valence-electron chi connectivity index (χ1n) is 7.72. The number of ether oxygens (including phenoxy) is 2. The van der Waals surface area contributed by atoms with Crippen LogP contribution in [0.5, 0.6) is 5.75 Å². The van der Waals surface area contributed by atoms with E-state index >= 15 is 0 Å². The third kappa shape index (κ3) is 5.88. The molecule has 146 valence electrons. The molecule has 0 atom stereocenters. The van der Waals surface area contributed by atoms with E-state index in [9.17, 15) is 24.1 Å². The van der Waals surface area contributed by atoms with E-state index in [2.05, 4.69) is 21.2 Å². The number of nitrogens with one attached hydrogen (secondary N) is 1. The molecule has 2 aromatic carbocycles. The Morgan fingerprint density at radius 2 is 2.04 bits per heavy atom. The third-order valence-electron chi connectivity index (χ3n) is 3.37. The molecule has 28 heavy (non-hydrogen) atoms. The second-order valence-electron chi connectivity index (χ2n) is 5.30. The van der Waals surface area contributed by atoms with Gasteiger partial charge in [0.15, 0.2) is 6.61 Å². The van der Waals surface area contributed by atoms with Crippen LogP contribution in [0, 0.1) is 15.9 Å². The predicted molar refractivity (Wildman–Crippen MR) is 102 cm³/mol. The molecule has 0 saturated heterocycles. The van der Waals surface area contributed by atoms with E-state index in [0.717, 1.165) is 12.1 Å². The van der Waals surface area contributed by atoms with Gasteiger partial charge in [-0.05, 0) is 30.3 Å². The number of amides is 1. The molecule has 0 heterocycles. The van der Waals surface area contributed by atoms with Gasteiger partial charge >= 0.3 is 5.97 Å². The molecule has 2 rings (SSSR count). The van der Waals surface area contributed by atoms with Gasteiger partial charge in [0.25, 0.3) is 11.6 Å². The highest BCUT2D eigenvalue weighted by Crippen LogP contribution is 2.28. The SMILES string of the molecule is COc1cc([N+](=O)[O-])ccc1NC(=O)COC(=O)/C=C/c1cc(Br)ccc1F. The normalized spacial score (nSPS) is 10.5. The molecule has 0 spiro atoms. The number of benzene rings is 2. The Kier molecular flexibility index (Phi) is 7.21. The average molecular weight is 453 g/mol. The van der Waals surface area contributed by atoms with Crippen molar-refractivity contribution in [1.29, 1.82) is 0 Å². The van der Waals surface area contributed by atoms with Crippen molar-refractivity contribution in [3.63, 3.8) is 0 Å². The molecule has 10 heteroatoms. The van der Waals surface area contributed by atoms with Crippen molar-refractivity contribution in [2.45, 2.75) is 0 Å². The van der Waals surface area contributed by atoms with E-state index in [0.29, 0.717) is 4.47 Å². The fraction of sp³-hybridized carbons (Fsp3) is 0.111. The fourth-order valence-electron chi connectivity index (χ4n) is 2.07. The topological polar surface area (TPSA) is 108 Å². The standard InChI is InChI=1S/C18H14BrFN2O6/c1-27-16-9-13(22(25)26)4-6-15(16)21-17(23)10-28-18(24)7-2-11-8-12(19)3-5-14(11)20/h2-9H,10H2,1H3,(H,21,23)/b7-2+. The number of carbonyl (C=O) groups is 2. The molecule has 1 amide bonds. The first kappa shape index (κ1) is 21.0. The molecule has 0 radical (unpaired) electrons. The van der Waals surface area contributed by atoms with Crippen LogP contribution >= 0.6 is 15.9 Å². The van der Waals surface area contributed by atoms with Gasteiger partial charge in [0.05, 0.1) is 23.8 Å². The monoisotopic (exact) mass is 452 g/mol. The number of hydrogen-bond donors (Lipinski definition) is 1. The summed E-state index contributed by atoms with van der Waals surface area (Å²) in [6.45, 7) is -0.607. The molecule has 0 aliphatic rings. The van der Waals surface area contributed by atoms with Crippen LogP contribution < -0.4 is 10.1 Å². The van der Waals surface area contributed by atoms with Gasteiger partial charge in [0.2, 0.25) is 0 Å². The summed E-state index contributed by atoms with van der Waals surface area (Å²) in [7, 11) is 1.29. The van der Waals surface area contributed by atoms with Crippen molar-refractivity contribution >= 4 is 45.3 Å². The fourth-order valence-corrected chi connectivity index (χ4v) is 2.45. The second kappa shape index (κ2) is 9.60. The molecule has 0 unspecified atom stereocenters. The van der Waals surface area contributed by atoms with E-state index in [1.165, 1.54) is 43.5 Å². The predicted octanol–water partition coefficient (Wildman–Crippen LogP) is 3.70. The summed E-state index contributed by atoms with van der Waals surface area (Å²) >= 11 is 3.19. The number of nitro benzene ring substituents is 1. The van der Waals surface area contributed by atoms with Gasteiger partial charge in [-0.25, -0.2) is 9.18 Å². The van der Waals surface area contributed by atoms with Gasteiger partial charge in [0, 0.05) is 22.2 Å². The van der Waals surface area contributed by atoms with Crippen molar-refractivity contribution in [2.24, 2.45) is 0 Å². The van der Waals surface area contributed by atoms with E-state index in [1.54, 1.807) is 0 Å². The molecule has 1 N–H and O–H groups in total. The summed E-state index contributed by atoms with van der Waals surface area (Å²) in [5, 5.41) is 13.2. The maximum Gasteiger partial charge on any atom is 0.331 e. The number of carbonyl (C=O) groups excluding carboxylic acids is 2. The summed E-state index contributed by atoms with van der Waals surface area (Å²) in [6.07, 6.45) is 2.21. The number of rotatable bonds is 7. The Morgan fingerprint density at radius 3 is 2.71 bits per heavy atom. The highest BCUT2D eigenvalue weighted by Gasteiger charge is 2.14. The summed E-state index contributed by atoms with van der Waals surface area (Å²) < 4.78 is 24.0. The minimum atomic E-state index is -0.842. The molecular formula is C18H14BrFN2O6. The lowest BCUT2D eigenvalue weighted by atomic mass is 10.2. The molecule has 0 bridgehead atoms. The van der Waals surface area contributed by atoms with Crippen LogP contribution in [0.3, 0.4) is 0 Å². The highest BCUT2D eigenvalue weighted by atomic mass is 79.9. The van der Waals surface area contributed by atoms with Crippen molar-refractivity contribution in [2.75, 3.05) is 19.0 Å². The van der Waals surface area contributed by atoms with Crippen molar-refractivity contribution in [3.05, 3.63) is 68.4 Å². The van der Waals surface area contributed by atoms with Gasteiger partial charge in [-0.1, -0.05) is 15.9 Å². The number of nitro groups is 1. The van der Waals surface area contributed by atoms with E-state index in [1.807, 2.05) is 0 Å². The van der Waals surface area contributed by atoms with Crippen molar-refractivity contribution in [1.82, 2.24) is 0 Å². The summed E-state index contributed by atoms with van der Waals surface area (Å²) in [5.74, 6) is -1.96. The number of hydrogen-bond acceptors (Lipinski definition) is 6. The van der Waals surface area contributed by atoms with Crippen molar-refractivity contribution < 1.29 is 28.4 Å². The largest absolute Gasteiger partial charge is 0.494 e. The molecule has 0 aliphatic heterocycles. The van der Waals surface area contributed by atoms with Crippen LogP contribution in [0.15, 0.2) is 46.9 Å². The van der Waals surface area contributed by atoms with E-state index < -0.39 is 29.2 Å². The first-order chi connectivity index (χ1) is 13.3. The summed E-state index contributed by atoms with van der Waals surface area (Å²) in [5.41, 5.74) is 0.151. The van der Waals surface area contributed by atoms with Crippen molar-refractivity contribution in [3.8, 4) is 5.75 Å². The van der Waals surface area contributed by atoms with Crippen LogP contribution in [0.2, 0.25) is 0 Å². The first-order valence-corrected chi connectivity index (χ1v) is 8.51. The van der Waals surface area contributed by atoms with Crippen LogP contribution in [0.1, 0.15) is 5.56 Å². The maximum atomic E-state index is 13.6. The number of non-ortho nitro benzene ring substituents is 1. The van der Waals surface area contributed by atoms with E-state index in [-0.39, 0.29) is 22.7 Å². The van der Waals surface area contributed by atoms with Crippen LogP contribution in [0.4, 0.5) is 15.8 Å². The maximum absolute atomic E-state index is 13.6. The zero-order valence-corrected chi connectivity index (χ0v) is 16.1. The highest BCUT2D eigenvalue weighted by molar-refractivity contribution is 9.10. The molecule has 0 aliphatic carbocycles. The molecule has 0 aromatic heterocycles. The minimum absolute atomic E-state index is 0.0823. The van der Waals surface area contributed by atoms with E-state index in [4.69, 9.17) is 9.47 Å². The number of esters is 1.